The van der Waals surface area contributed by atoms with Crippen molar-refractivity contribution in [3.05, 3.63) is 27.5 Å². The van der Waals surface area contributed by atoms with Crippen molar-refractivity contribution in [1.82, 2.24) is 0 Å². The zero-order valence-corrected chi connectivity index (χ0v) is 10.2. The Balaban J connectivity index is 3.18. The van der Waals surface area contributed by atoms with Gasteiger partial charge in [-0.2, -0.15) is 0 Å². The fourth-order valence-electron chi connectivity index (χ4n) is 1.47. The lowest BCUT2D eigenvalue weighted by Crippen LogP contribution is -2.07. The van der Waals surface area contributed by atoms with Gasteiger partial charge < -0.3 is 9.57 Å². The quantitative estimate of drug-likeness (QED) is 0.860. The van der Waals surface area contributed by atoms with Crippen molar-refractivity contribution in [2.24, 2.45) is 5.90 Å². The standard InChI is InChI=1S/C10H13BrFNO2/c1-6-5-8(12)9(11)7(3-4-15-13)10(6)14-2/h5H,3-4,13H2,1-2H3. The monoisotopic (exact) mass is 277 g/mol. The molecule has 0 radical (unpaired) electrons. The number of hydrogen-bond donors (Lipinski definition) is 1. The van der Waals surface area contributed by atoms with E-state index >= 15 is 0 Å². The van der Waals surface area contributed by atoms with Gasteiger partial charge in [-0.1, -0.05) is 0 Å². The van der Waals surface area contributed by atoms with Crippen LogP contribution in [0.1, 0.15) is 11.1 Å². The van der Waals surface area contributed by atoms with Crippen molar-refractivity contribution in [2.75, 3.05) is 13.7 Å². The summed E-state index contributed by atoms with van der Waals surface area (Å²) in [6, 6.07) is 1.43. The lowest BCUT2D eigenvalue weighted by Gasteiger charge is -2.13. The topological polar surface area (TPSA) is 44.5 Å². The van der Waals surface area contributed by atoms with Gasteiger partial charge >= 0.3 is 0 Å². The highest BCUT2D eigenvalue weighted by atomic mass is 79.9. The summed E-state index contributed by atoms with van der Waals surface area (Å²) in [6.45, 7) is 2.11. The number of halogens is 2. The minimum absolute atomic E-state index is 0.305. The molecule has 0 saturated heterocycles. The van der Waals surface area contributed by atoms with Gasteiger partial charge in [-0.05, 0) is 34.5 Å². The van der Waals surface area contributed by atoms with Gasteiger partial charge in [0.2, 0.25) is 0 Å². The Morgan fingerprint density at radius 1 is 1.53 bits per heavy atom. The molecule has 1 rings (SSSR count). The molecule has 0 aliphatic carbocycles. The third-order valence-corrected chi connectivity index (χ3v) is 2.98. The second-order valence-electron chi connectivity index (χ2n) is 3.12. The zero-order chi connectivity index (χ0) is 11.4. The van der Waals surface area contributed by atoms with Gasteiger partial charge in [0.1, 0.15) is 11.6 Å². The second-order valence-corrected chi connectivity index (χ2v) is 3.91. The number of methoxy groups -OCH3 is 1. The molecule has 1 aromatic rings. The first kappa shape index (κ1) is 12.4. The number of aryl methyl sites for hydroxylation is 1. The summed E-state index contributed by atoms with van der Waals surface area (Å²) in [5, 5.41) is 0. The first-order chi connectivity index (χ1) is 7.11. The molecule has 0 spiro atoms. The summed E-state index contributed by atoms with van der Waals surface area (Å²) in [4.78, 5) is 4.48. The molecule has 15 heavy (non-hydrogen) atoms. The van der Waals surface area contributed by atoms with Gasteiger partial charge in [-0.3, -0.25) is 0 Å². The van der Waals surface area contributed by atoms with Gasteiger partial charge in [-0.15, -0.1) is 0 Å². The average molecular weight is 278 g/mol. The van der Waals surface area contributed by atoms with Gasteiger partial charge in [0.15, 0.2) is 0 Å². The van der Waals surface area contributed by atoms with E-state index < -0.39 is 0 Å². The molecule has 0 unspecified atom stereocenters. The highest BCUT2D eigenvalue weighted by Gasteiger charge is 2.14. The number of ether oxygens (including phenoxy) is 1. The molecule has 0 saturated carbocycles. The normalized spacial score (nSPS) is 10.5. The van der Waals surface area contributed by atoms with Gasteiger partial charge in [-0.25, -0.2) is 10.3 Å². The van der Waals surface area contributed by atoms with Crippen molar-refractivity contribution in [2.45, 2.75) is 13.3 Å². The third-order valence-electron chi connectivity index (χ3n) is 2.12. The lowest BCUT2D eigenvalue weighted by molar-refractivity contribution is 0.140. The summed E-state index contributed by atoms with van der Waals surface area (Å²) in [5.74, 6) is 5.31. The maximum atomic E-state index is 13.4. The summed E-state index contributed by atoms with van der Waals surface area (Å²) < 4.78 is 19.0. The summed E-state index contributed by atoms with van der Waals surface area (Å²) >= 11 is 3.18. The van der Waals surface area contributed by atoms with Crippen molar-refractivity contribution in [3.63, 3.8) is 0 Å². The van der Waals surface area contributed by atoms with Crippen LogP contribution in [0.2, 0.25) is 0 Å². The first-order valence-electron chi connectivity index (χ1n) is 4.45. The largest absolute Gasteiger partial charge is 0.496 e. The van der Waals surface area contributed by atoms with Crippen LogP contribution < -0.4 is 10.6 Å². The molecule has 84 valence electrons. The molecule has 0 bridgehead atoms. The summed E-state index contributed by atoms with van der Waals surface area (Å²) in [7, 11) is 1.56. The van der Waals surface area contributed by atoms with Crippen LogP contribution in [0.15, 0.2) is 10.5 Å². The smallest absolute Gasteiger partial charge is 0.138 e. The van der Waals surface area contributed by atoms with E-state index in [9.17, 15) is 4.39 Å². The fourth-order valence-corrected chi connectivity index (χ4v) is 1.96. The van der Waals surface area contributed by atoms with Crippen LogP contribution in [0.25, 0.3) is 0 Å². The van der Waals surface area contributed by atoms with Crippen molar-refractivity contribution >= 4 is 15.9 Å². The Kier molecular flexibility index (Phi) is 4.50. The number of rotatable bonds is 4. The molecule has 0 heterocycles. The third kappa shape index (κ3) is 2.68. The van der Waals surface area contributed by atoms with Crippen LogP contribution in [-0.4, -0.2) is 13.7 Å². The predicted octanol–water partition coefficient (Wildman–Crippen LogP) is 2.34. The second kappa shape index (κ2) is 5.44. The minimum atomic E-state index is -0.305. The molecule has 2 N–H and O–H groups in total. The lowest BCUT2D eigenvalue weighted by atomic mass is 10.1. The Hall–Kier alpha value is -0.650. The molecule has 0 atom stereocenters. The van der Waals surface area contributed by atoms with E-state index in [0.29, 0.717) is 23.2 Å². The number of benzene rings is 1. The molecular weight excluding hydrogens is 265 g/mol. The van der Waals surface area contributed by atoms with Crippen LogP contribution in [-0.2, 0) is 11.3 Å². The molecule has 3 nitrogen and oxygen atoms in total. The minimum Gasteiger partial charge on any atom is -0.496 e. The highest BCUT2D eigenvalue weighted by molar-refractivity contribution is 9.10. The molecule has 0 fully saturated rings. The molecule has 5 heteroatoms. The molecule has 0 aliphatic heterocycles. The van der Waals surface area contributed by atoms with E-state index in [1.807, 2.05) is 0 Å². The zero-order valence-electron chi connectivity index (χ0n) is 8.64. The first-order valence-corrected chi connectivity index (χ1v) is 5.24. The SMILES string of the molecule is COc1c(C)cc(F)c(Br)c1CCON. The Morgan fingerprint density at radius 3 is 2.73 bits per heavy atom. The van der Waals surface area contributed by atoms with E-state index in [1.54, 1.807) is 14.0 Å². The molecule has 0 aromatic heterocycles. The number of nitrogens with two attached hydrogens (primary N) is 1. The van der Waals surface area contributed by atoms with Crippen molar-refractivity contribution < 1.29 is 14.0 Å². The van der Waals surface area contributed by atoms with Crippen LogP contribution in [0.3, 0.4) is 0 Å². The Morgan fingerprint density at radius 2 is 2.20 bits per heavy atom. The van der Waals surface area contributed by atoms with E-state index in [2.05, 4.69) is 20.8 Å². The van der Waals surface area contributed by atoms with E-state index in [4.69, 9.17) is 10.6 Å². The van der Waals surface area contributed by atoms with Crippen LogP contribution in [0, 0.1) is 12.7 Å². The molecule has 0 aliphatic rings. The van der Waals surface area contributed by atoms with E-state index in [1.165, 1.54) is 6.07 Å². The fraction of sp³-hybridized carbons (Fsp3) is 0.400. The molecule has 0 amide bonds. The predicted molar refractivity (Wildman–Crippen MR) is 59.2 cm³/mol. The molecular formula is C10H13BrFNO2. The van der Waals surface area contributed by atoms with Crippen LogP contribution >= 0.6 is 15.9 Å². The maximum Gasteiger partial charge on any atom is 0.138 e. The van der Waals surface area contributed by atoms with E-state index in [-0.39, 0.29) is 5.82 Å². The Labute approximate surface area is 96.4 Å². The highest BCUT2D eigenvalue weighted by Crippen LogP contribution is 2.33. The average Bonchev–Trinajstić information content (AvgIpc) is 2.21. The van der Waals surface area contributed by atoms with Gasteiger partial charge in [0.05, 0.1) is 18.2 Å². The van der Waals surface area contributed by atoms with Crippen LogP contribution in [0.4, 0.5) is 4.39 Å². The Bertz CT molecular complexity index is 358. The number of hydrogen-bond acceptors (Lipinski definition) is 3. The summed E-state index contributed by atoms with van der Waals surface area (Å²) in [6.07, 6.45) is 0.499. The van der Waals surface area contributed by atoms with Crippen molar-refractivity contribution in [3.8, 4) is 5.75 Å². The molecule has 1 aromatic carbocycles. The van der Waals surface area contributed by atoms with Crippen molar-refractivity contribution in [1.29, 1.82) is 0 Å². The van der Waals surface area contributed by atoms with E-state index in [0.717, 1.165) is 11.1 Å². The van der Waals surface area contributed by atoms with Gasteiger partial charge in [0.25, 0.3) is 0 Å². The summed E-state index contributed by atoms with van der Waals surface area (Å²) in [5.41, 5.74) is 1.49. The maximum absolute atomic E-state index is 13.4. The van der Waals surface area contributed by atoms with Crippen LogP contribution in [0.5, 0.6) is 5.75 Å². The van der Waals surface area contributed by atoms with Gasteiger partial charge in [0, 0.05) is 12.0 Å².